The molecule has 2 rings (SSSR count). The molecule has 0 saturated heterocycles. The Labute approximate surface area is 50.2 Å². The largest absolute Gasteiger partial charge is 0.0776 e. The Hall–Kier alpha value is -0.780. The Kier molecular flexibility index (Phi) is 1.09. The summed E-state index contributed by atoms with van der Waals surface area (Å²) >= 11 is 0. The smallest absolute Gasteiger partial charge is 0.00201 e. The second kappa shape index (κ2) is 1.62. The van der Waals surface area contributed by atoms with Crippen molar-refractivity contribution < 1.29 is 0 Å². The van der Waals surface area contributed by atoms with Crippen LogP contribution in [-0.2, 0) is 6.42 Å². The molecule has 0 unspecified atom stereocenters. The lowest BCUT2D eigenvalue weighted by molar-refractivity contribution is 1.61. The van der Waals surface area contributed by atoms with E-state index in [9.17, 15) is 0 Å². The number of rotatable bonds is 0. The second-order valence-electron chi connectivity index (χ2n) is 1.95. The molecule has 1 aliphatic carbocycles. The Morgan fingerprint density at radius 1 is 1.00 bits per heavy atom. The van der Waals surface area contributed by atoms with Crippen LogP contribution in [0, 0.1) is 0 Å². The number of benzene rings is 1. The molecule has 1 aromatic rings. The van der Waals surface area contributed by atoms with Gasteiger partial charge < -0.3 is 0 Å². The molecule has 0 atom stereocenters. The fourth-order valence-electron chi connectivity index (χ4n) is 0.836. The SMILES string of the molecule is C.c1ccc2c(c1)C2. The summed E-state index contributed by atoms with van der Waals surface area (Å²) in [7, 11) is 0. The van der Waals surface area contributed by atoms with Gasteiger partial charge in [0.1, 0.15) is 0 Å². The van der Waals surface area contributed by atoms with Gasteiger partial charge in [0, 0.05) is 0 Å². The topological polar surface area (TPSA) is 0 Å². The lowest BCUT2D eigenvalue weighted by Gasteiger charge is -1.69. The van der Waals surface area contributed by atoms with Crippen molar-refractivity contribution in [3.05, 3.63) is 35.4 Å². The first-order chi connectivity index (χ1) is 3.47. The van der Waals surface area contributed by atoms with Crippen LogP contribution >= 0.6 is 0 Å². The normalized spacial score (nSPS) is 11.5. The van der Waals surface area contributed by atoms with Gasteiger partial charge in [-0.25, -0.2) is 0 Å². The fourth-order valence-corrected chi connectivity index (χ4v) is 0.836. The summed E-state index contributed by atoms with van der Waals surface area (Å²) in [6.45, 7) is 0. The monoisotopic (exact) mass is 106 g/mol. The van der Waals surface area contributed by atoms with Gasteiger partial charge in [-0.2, -0.15) is 0 Å². The van der Waals surface area contributed by atoms with Crippen molar-refractivity contribution in [1.82, 2.24) is 0 Å². The third kappa shape index (κ3) is 0.623. The summed E-state index contributed by atoms with van der Waals surface area (Å²) < 4.78 is 0. The van der Waals surface area contributed by atoms with Gasteiger partial charge in [-0.1, -0.05) is 31.7 Å². The maximum atomic E-state index is 2.18. The van der Waals surface area contributed by atoms with Crippen LogP contribution in [0.15, 0.2) is 24.3 Å². The van der Waals surface area contributed by atoms with Crippen molar-refractivity contribution in [3.8, 4) is 0 Å². The zero-order valence-electron chi connectivity index (χ0n) is 4.02. The molecule has 1 aromatic carbocycles. The van der Waals surface area contributed by atoms with Crippen LogP contribution in [0.1, 0.15) is 18.6 Å². The molecule has 0 N–H and O–H groups in total. The van der Waals surface area contributed by atoms with Gasteiger partial charge in [-0.3, -0.25) is 0 Å². The standard InChI is InChI=1S/C7H6.CH4/c1-2-4-7-5-6(7)3-1;/h1-4H,5H2;1H4. The first-order valence-electron chi connectivity index (χ1n) is 2.53. The van der Waals surface area contributed by atoms with E-state index in [1.807, 2.05) is 0 Å². The number of hydrogen-bond donors (Lipinski definition) is 0. The molecule has 0 amide bonds. The third-order valence-corrected chi connectivity index (χ3v) is 1.37. The summed E-state index contributed by atoms with van der Waals surface area (Å²) in [5, 5.41) is 0. The van der Waals surface area contributed by atoms with Crippen LogP contribution in [0.5, 0.6) is 0 Å². The molecule has 0 fully saturated rings. The van der Waals surface area contributed by atoms with Crippen LogP contribution in [0.25, 0.3) is 0 Å². The Bertz CT molecular complexity index is 168. The van der Waals surface area contributed by atoms with E-state index in [1.54, 1.807) is 0 Å². The maximum absolute atomic E-state index is 2.18. The molecule has 0 nitrogen and oxygen atoms in total. The highest BCUT2D eigenvalue weighted by Gasteiger charge is 2.12. The van der Waals surface area contributed by atoms with E-state index in [2.05, 4.69) is 24.3 Å². The quantitative estimate of drug-likeness (QED) is 0.483. The molecule has 42 valence electrons. The van der Waals surface area contributed by atoms with E-state index in [0.717, 1.165) is 0 Å². The van der Waals surface area contributed by atoms with Crippen LogP contribution in [0.4, 0.5) is 0 Å². The van der Waals surface area contributed by atoms with Crippen LogP contribution in [0.3, 0.4) is 0 Å². The minimum Gasteiger partial charge on any atom is -0.0776 e. The Morgan fingerprint density at radius 3 is 1.88 bits per heavy atom. The van der Waals surface area contributed by atoms with E-state index in [-0.39, 0.29) is 7.43 Å². The van der Waals surface area contributed by atoms with Crippen molar-refractivity contribution >= 4 is 0 Å². The third-order valence-electron chi connectivity index (χ3n) is 1.37. The molecule has 0 aliphatic heterocycles. The van der Waals surface area contributed by atoms with E-state index in [4.69, 9.17) is 0 Å². The minimum absolute atomic E-state index is 0. The highest BCUT2D eigenvalue weighted by Crippen LogP contribution is 2.25. The van der Waals surface area contributed by atoms with E-state index >= 15 is 0 Å². The van der Waals surface area contributed by atoms with Crippen LogP contribution < -0.4 is 0 Å². The molecular weight excluding hydrogens is 96.1 g/mol. The average molecular weight is 106 g/mol. The molecule has 0 saturated carbocycles. The van der Waals surface area contributed by atoms with Gasteiger partial charge in [0.05, 0.1) is 0 Å². The first-order valence-corrected chi connectivity index (χ1v) is 2.53. The zero-order chi connectivity index (χ0) is 4.69. The molecule has 0 heteroatoms. The summed E-state index contributed by atoms with van der Waals surface area (Å²) in [4.78, 5) is 0. The molecule has 1 aliphatic rings. The van der Waals surface area contributed by atoms with Gasteiger partial charge in [0.25, 0.3) is 0 Å². The predicted molar refractivity (Wildman–Crippen MR) is 36.0 cm³/mol. The highest BCUT2D eigenvalue weighted by atomic mass is 14.2. The molecule has 0 heterocycles. The van der Waals surface area contributed by atoms with Crippen molar-refractivity contribution in [3.63, 3.8) is 0 Å². The van der Waals surface area contributed by atoms with Gasteiger partial charge in [0.2, 0.25) is 0 Å². The second-order valence-corrected chi connectivity index (χ2v) is 1.95. The summed E-state index contributed by atoms with van der Waals surface area (Å²) in [5.41, 5.74) is 3.06. The molecule has 0 radical (unpaired) electrons. The van der Waals surface area contributed by atoms with E-state index < -0.39 is 0 Å². The van der Waals surface area contributed by atoms with Crippen molar-refractivity contribution in [1.29, 1.82) is 0 Å². The fraction of sp³-hybridized carbons (Fsp3) is 0.250. The first kappa shape index (κ1) is 5.36. The molecule has 0 aromatic heterocycles. The van der Waals surface area contributed by atoms with E-state index in [1.165, 1.54) is 17.5 Å². The Balaban J connectivity index is 0.000000320. The predicted octanol–water partition coefficient (Wildman–Crippen LogP) is 2.23. The van der Waals surface area contributed by atoms with Gasteiger partial charge in [-0.15, -0.1) is 0 Å². The van der Waals surface area contributed by atoms with Crippen LogP contribution in [0.2, 0.25) is 0 Å². The summed E-state index contributed by atoms with van der Waals surface area (Å²) in [5.74, 6) is 0. The number of fused-ring (bicyclic) bond motifs is 1. The van der Waals surface area contributed by atoms with Gasteiger partial charge >= 0.3 is 0 Å². The van der Waals surface area contributed by atoms with Crippen molar-refractivity contribution in [2.45, 2.75) is 13.8 Å². The molecule has 0 spiro atoms. The van der Waals surface area contributed by atoms with Crippen LogP contribution in [-0.4, -0.2) is 0 Å². The summed E-state index contributed by atoms with van der Waals surface area (Å²) in [6, 6.07) is 8.53. The summed E-state index contributed by atoms with van der Waals surface area (Å²) in [6.07, 6.45) is 1.24. The highest BCUT2D eigenvalue weighted by molar-refractivity contribution is 5.44. The Morgan fingerprint density at radius 2 is 1.50 bits per heavy atom. The lowest BCUT2D eigenvalue weighted by Crippen LogP contribution is -1.48. The molecule has 0 bridgehead atoms. The average Bonchev–Trinajstić information content (AvgIpc) is 2.41. The van der Waals surface area contributed by atoms with E-state index in [0.29, 0.717) is 0 Å². The maximum Gasteiger partial charge on any atom is -0.00201 e. The lowest BCUT2D eigenvalue weighted by atomic mass is 10.4. The van der Waals surface area contributed by atoms with Crippen molar-refractivity contribution in [2.75, 3.05) is 0 Å². The number of hydrogen-bond acceptors (Lipinski definition) is 0. The van der Waals surface area contributed by atoms with Gasteiger partial charge in [-0.05, 0) is 17.5 Å². The molecular formula is C8H10. The molecule has 8 heavy (non-hydrogen) atoms. The zero-order valence-corrected chi connectivity index (χ0v) is 4.02. The minimum atomic E-state index is 0. The van der Waals surface area contributed by atoms with Gasteiger partial charge in [0.15, 0.2) is 0 Å². The van der Waals surface area contributed by atoms with Crippen molar-refractivity contribution in [2.24, 2.45) is 0 Å².